The SMILES string of the molecule is COc1cc(O)cc(N(CCO)c2ccc3ncc(-c4cnn(C)c4)nc3c2)c1.COc1cc(OC)cc(N(CC(C)NCC(F)(F)F)c2ccc3ncc(-c4cnn(C)c4)nc3c2)c1.COc1cc(OC)cc(N(CCNC(C)C)c2ccc3ncc(-c4cnn(CCCN)c4)nc3c2)c1.COc1cccc(N(CCO)c2ccc3ncc(-c4cnn(C)c4)nc3c2)c1. The summed E-state index contributed by atoms with van der Waals surface area (Å²) in [6.45, 7) is 8.89. The van der Waals surface area contributed by atoms with Crippen LogP contribution in [0.25, 0.3) is 89.2 Å². The summed E-state index contributed by atoms with van der Waals surface area (Å²) in [6.07, 6.45) is 18.2. The summed E-state index contributed by atoms with van der Waals surface area (Å²) in [4.78, 5) is 45.4. The second-order valence-electron chi connectivity index (χ2n) is 30.3. The molecule has 0 bridgehead atoms. The molecule has 670 valence electrons. The van der Waals surface area contributed by atoms with E-state index in [1.54, 1.807) is 137 Å². The van der Waals surface area contributed by atoms with Gasteiger partial charge < -0.3 is 79.7 Å². The minimum Gasteiger partial charge on any atom is -0.508 e. The number of phenols is 1. The summed E-state index contributed by atoms with van der Waals surface area (Å²) in [5, 5.41) is 52.3. The molecule has 0 aliphatic carbocycles. The maximum Gasteiger partial charge on any atom is 0.401 e. The second-order valence-corrected chi connectivity index (χ2v) is 30.3. The summed E-state index contributed by atoms with van der Waals surface area (Å²) in [5.74, 6) is 3.97. The summed E-state index contributed by atoms with van der Waals surface area (Å²) >= 11 is 0. The van der Waals surface area contributed by atoms with Crippen LogP contribution >= 0.6 is 0 Å². The summed E-state index contributed by atoms with van der Waals surface area (Å²) in [6, 6.07) is 47.2. The zero-order valence-corrected chi connectivity index (χ0v) is 73.7. The van der Waals surface area contributed by atoms with E-state index in [9.17, 15) is 28.5 Å². The highest BCUT2D eigenvalue weighted by Gasteiger charge is 2.29. The van der Waals surface area contributed by atoms with Crippen LogP contribution in [0.15, 0.2) is 226 Å². The molecule has 0 radical (unpaired) electrons. The van der Waals surface area contributed by atoms with Crippen LogP contribution in [-0.4, -0.2) is 214 Å². The minimum absolute atomic E-state index is 0.0245. The first-order valence-corrected chi connectivity index (χ1v) is 41.5. The number of nitrogens with one attached hydrogen (secondary N) is 2. The van der Waals surface area contributed by atoms with E-state index in [0.717, 1.165) is 150 Å². The molecule has 0 saturated heterocycles. The lowest BCUT2D eigenvalue weighted by Gasteiger charge is -2.29. The molecule has 8 heterocycles. The number of aliphatic hydroxyl groups excluding tert-OH is 2. The van der Waals surface area contributed by atoms with Gasteiger partial charge in [0, 0.05) is 226 Å². The summed E-state index contributed by atoms with van der Waals surface area (Å²) in [7, 11) is 15.1. The van der Waals surface area contributed by atoms with Gasteiger partial charge in [0.15, 0.2) is 0 Å². The number of hydrogen-bond donors (Lipinski definition) is 6. The fourth-order valence-corrected chi connectivity index (χ4v) is 14.2. The van der Waals surface area contributed by atoms with Gasteiger partial charge in [-0.05, 0) is 105 Å². The number of benzene rings is 8. The number of fused-ring (bicyclic) bond motifs is 4. The number of aromatic hydroxyl groups is 1. The van der Waals surface area contributed by atoms with Crippen LogP contribution in [0.4, 0.5) is 58.7 Å². The highest BCUT2D eigenvalue weighted by molar-refractivity contribution is 5.87. The number of phenolic OH excluding ortho intramolecular Hbond substituents is 1. The highest BCUT2D eigenvalue weighted by atomic mass is 19.4. The molecule has 32 nitrogen and oxygen atoms in total. The lowest BCUT2D eigenvalue weighted by molar-refractivity contribution is -0.125. The normalized spacial score (nSPS) is 11.5. The maximum absolute atomic E-state index is 12.8. The van der Waals surface area contributed by atoms with Gasteiger partial charge in [0.05, 0.1) is 179 Å². The number of aryl methyl sites for hydroxylation is 4. The number of alkyl halides is 3. The number of halogens is 3. The molecular formula is C94H104F3N23O9. The van der Waals surface area contributed by atoms with Crippen molar-refractivity contribution in [1.29, 1.82) is 0 Å². The third-order valence-electron chi connectivity index (χ3n) is 20.6. The van der Waals surface area contributed by atoms with Gasteiger partial charge in [-0.15, -0.1) is 0 Å². The topological polar surface area (TPSA) is 354 Å². The predicted molar refractivity (Wildman–Crippen MR) is 495 cm³/mol. The van der Waals surface area contributed by atoms with E-state index in [-0.39, 0.29) is 25.5 Å². The molecule has 7 N–H and O–H groups in total. The first-order chi connectivity index (χ1) is 62.4. The Kier molecular flexibility index (Phi) is 30.7. The van der Waals surface area contributed by atoms with E-state index in [1.165, 1.54) is 6.07 Å². The van der Waals surface area contributed by atoms with E-state index < -0.39 is 18.8 Å². The Bertz CT molecular complexity index is 6380. The van der Waals surface area contributed by atoms with E-state index in [0.29, 0.717) is 71.0 Å². The summed E-state index contributed by atoms with van der Waals surface area (Å²) in [5.41, 5.74) is 25.0. The average Bonchev–Trinajstić information content (AvgIpc) is 1.72. The lowest BCUT2D eigenvalue weighted by atomic mass is 10.1. The Labute approximate surface area is 744 Å². The van der Waals surface area contributed by atoms with Crippen LogP contribution in [0.1, 0.15) is 27.2 Å². The smallest absolute Gasteiger partial charge is 0.401 e. The number of rotatable bonds is 33. The van der Waals surface area contributed by atoms with Gasteiger partial charge in [-0.2, -0.15) is 33.6 Å². The Hall–Kier alpha value is -14.7. The van der Waals surface area contributed by atoms with Gasteiger partial charge in [0.2, 0.25) is 0 Å². The number of nitrogens with zero attached hydrogens (tertiary/aromatic N) is 20. The molecule has 35 heteroatoms. The van der Waals surface area contributed by atoms with Crippen LogP contribution in [0.3, 0.4) is 0 Å². The Morgan fingerprint density at radius 1 is 0.395 bits per heavy atom. The van der Waals surface area contributed by atoms with Crippen molar-refractivity contribution in [2.45, 2.75) is 52.0 Å². The van der Waals surface area contributed by atoms with Crippen LogP contribution in [0.5, 0.6) is 40.2 Å². The van der Waals surface area contributed by atoms with Crippen LogP contribution in [0, 0.1) is 0 Å². The fraction of sp³-hybridized carbons (Fsp3) is 0.277. The van der Waals surface area contributed by atoms with Crippen molar-refractivity contribution in [2.75, 3.05) is 121 Å². The van der Waals surface area contributed by atoms with Gasteiger partial charge in [-0.1, -0.05) is 19.9 Å². The predicted octanol–water partition coefficient (Wildman–Crippen LogP) is 14.8. The number of nitrogens with two attached hydrogens (primary N) is 1. The molecule has 1 atom stereocenters. The standard InChI is InChI=1S/C27H35N7O2.C25H27F3N6O2.C21H21N5O3.C21H21N5O2/c1-19(2)29-9-11-34(22-12-23(35-3)15-24(13-22)36-4)21-6-7-25-26(14-21)32-27(17-30-25)20-16-31-33(18-20)10-5-8-28;1-16(30-15-25(26,27)28)13-34(19-7-20(35-3)10-21(8-19)36-4)18-5-6-22-23(9-18)32-24(12-29-22)17-11-31-33(2)14-17;1-25-13-14(11-23-25)21-12-22-19-4-3-15(9-20(19)24-21)26(5-6-27)16-7-17(28)10-18(8-16)29-2;1-25-14-15(12-23-25)21-13-22-19-7-6-17(11-20(19)24-21)26(8-9-27)16-4-3-5-18(10-16)28-2/h6-7,12-19,29H,5,8-11,28H2,1-4H3;5-12,14,16,30H,13,15H2,1-4H3;3-4,7-13,27-28H,5-6H2,1-2H3;3-7,10-14,27H,8-9H2,1-2H3. The number of ether oxygens (including phenoxy) is 6. The first-order valence-electron chi connectivity index (χ1n) is 41.5. The third kappa shape index (κ3) is 24.1. The molecule has 0 fully saturated rings. The number of aromatic nitrogens is 16. The minimum atomic E-state index is -4.31. The quantitative estimate of drug-likeness (QED) is 0.0222. The molecular weight excluding hydrogens is 1650 g/mol. The van der Waals surface area contributed by atoms with Crippen molar-refractivity contribution in [3.05, 3.63) is 226 Å². The van der Waals surface area contributed by atoms with E-state index >= 15 is 0 Å². The average molecular weight is 1760 g/mol. The van der Waals surface area contributed by atoms with Crippen molar-refractivity contribution >= 4 is 89.6 Å². The van der Waals surface area contributed by atoms with Crippen molar-refractivity contribution in [3.63, 3.8) is 0 Å². The molecule has 129 heavy (non-hydrogen) atoms. The van der Waals surface area contributed by atoms with Crippen molar-refractivity contribution < 1.29 is 56.9 Å². The molecule has 0 aliphatic heterocycles. The van der Waals surface area contributed by atoms with E-state index in [2.05, 4.69) is 81.8 Å². The number of hydrogen-bond acceptors (Lipinski definition) is 28. The molecule has 0 aliphatic rings. The third-order valence-corrected chi connectivity index (χ3v) is 20.6. The van der Waals surface area contributed by atoms with Crippen molar-refractivity contribution in [2.24, 2.45) is 26.9 Å². The largest absolute Gasteiger partial charge is 0.508 e. The first kappa shape index (κ1) is 92.0. The Morgan fingerprint density at radius 2 is 0.752 bits per heavy atom. The van der Waals surface area contributed by atoms with Crippen LogP contribution < -0.4 is 64.4 Å². The zero-order valence-electron chi connectivity index (χ0n) is 73.7. The summed E-state index contributed by atoms with van der Waals surface area (Å²) < 4.78 is 78.0. The highest BCUT2D eigenvalue weighted by Crippen LogP contribution is 2.40. The molecule has 16 aromatic rings. The maximum atomic E-state index is 12.8. The molecule has 0 saturated carbocycles. The van der Waals surface area contributed by atoms with Gasteiger partial charge in [0.1, 0.15) is 40.2 Å². The van der Waals surface area contributed by atoms with Gasteiger partial charge in [0.25, 0.3) is 0 Å². The van der Waals surface area contributed by atoms with Crippen LogP contribution in [0.2, 0.25) is 0 Å². The van der Waals surface area contributed by atoms with Crippen molar-refractivity contribution in [1.82, 2.24) is 89.6 Å². The molecule has 8 aromatic carbocycles. The van der Waals surface area contributed by atoms with Gasteiger partial charge in [-0.25, -0.2) is 19.9 Å². The number of aliphatic hydroxyl groups is 2. The Morgan fingerprint density at radius 3 is 1.13 bits per heavy atom. The van der Waals surface area contributed by atoms with Crippen LogP contribution in [-0.2, 0) is 27.7 Å². The molecule has 0 spiro atoms. The van der Waals surface area contributed by atoms with Gasteiger partial charge in [-0.3, -0.25) is 38.7 Å². The number of anilines is 8. The molecule has 16 rings (SSSR count). The monoisotopic (exact) mass is 1760 g/mol. The molecule has 8 aromatic heterocycles. The molecule has 1 unspecified atom stereocenters. The van der Waals surface area contributed by atoms with Crippen molar-refractivity contribution in [3.8, 4) is 85.3 Å². The second kappa shape index (κ2) is 43.0. The van der Waals surface area contributed by atoms with E-state index in [1.807, 2.05) is 175 Å². The van der Waals surface area contributed by atoms with E-state index in [4.69, 9.17) is 54.1 Å². The molecule has 0 amide bonds. The number of methoxy groups -OCH3 is 6. The van der Waals surface area contributed by atoms with Gasteiger partial charge >= 0.3 is 6.18 Å². The Balaban J connectivity index is 0.000000148. The zero-order chi connectivity index (χ0) is 91.3. The fourth-order valence-electron chi connectivity index (χ4n) is 14.2. The lowest BCUT2D eigenvalue weighted by Crippen LogP contribution is -2.41.